The summed E-state index contributed by atoms with van der Waals surface area (Å²) in [6.07, 6.45) is 3.64. The van der Waals surface area contributed by atoms with Crippen LogP contribution in [0.5, 0.6) is 0 Å². The Kier molecular flexibility index (Phi) is 3.64. The molecule has 4 heteroatoms. The Morgan fingerprint density at radius 3 is 2.71 bits per heavy atom. The van der Waals surface area contributed by atoms with E-state index in [2.05, 4.69) is 23.0 Å². The van der Waals surface area contributed by atoms with E-state index in [0.717, 1.165) is 30.8 Å². The molecule has 0 unspecified atom stereocenters. The highest BCUT2D eigenvalue weighted by atomic mass is 16.3. The first-order valence-electron chi connectivity index (χ1n) is 6.17. The third-order valence-electron chi connectivity index (χ3n) is 3.42. The van der Waals surface area contributed by atoms with Crippen LogP contribution in [0, 0.1) is 5.92 Å². The number of aliphatic hydroxyl groups is 1. The highest BCUT2D eigenvalue weighted by molar-refractivity contribution is 5.44. The van der Waals surface area contributed by atoms with Crippen molar-refractivity contribution in [2.24, 2.45) is 11.7 Å². The van der Waals surface area contributed by atoms with Gasteiger partial charge in [-0.05, 0) is 37.8 Å². The van der Waals surface area contributed by atoms with Crippen LogP contribution < -0.4 is 10.6 Å². The van der Waals surface area contributed by atoms with Crippen molar-refractivity contribution in [3.05, 3.63) is 24.0 Å². The van der Waals surface area contributed by atoms with Crippen LogP contribution in [-0.4, -0.2) is 29.8 Å². The first-order valence-corrected chi connectivity index (χ1v) is 6.17. The fourth-order valence-electron chi connectivity index (χ4n) is 2.23. The zero-order valence-corrected chi connectivity index (χ0v) is 10.5. The molecule has 3 N–H and O–H groups in total. The quantitative estimate of drug-likeness (QED) is 0.826. The maximum atomic E-state index is 9.25. The van der Waals surface area contributed by atoms with Gasteiger partial charge in [-0.1, -0.05) is 0 Å². The molecule has 0 radical (unpaired) electrons. The molecule has 0 spiro atoms. The summed E-state index contributed by atoms with van der Waals surface area (Å²) >= 11 is 0. The second-order valence-corrected chi connectivity index (χ2v) is 5.10. The maximum absolute atomic E-state index is 9.25. The third-order valence-corrected chi connectivity index (χ3v) is 3.42. The zero-order chi connectivity index (χ0) is 12.4. The molecule has 1 aliphatic carbocycles. The van der Waals surface area contributed by atoms with E-state index in [1.54, 1.807) is 0 Å². The number of hydrogen-bond acceptors (Lipinski definition) is 4. The Morgan fingerprint density at radius 2 is 2.24 bits per heavy atom. The molecule has 0 amide bonds. The topological polar surface area (TPSA) is 62.4 Å². The van der Waals surface area contributed by atoms with E-state index in [1.165, 1.54) is 0 Å². The van der Waals surface area contributed by atoms with Crippen molar-refractivity contribution < 1.29 is 5.11 Å². The summed E-state index contributed by atoms with van der Waals surface area (Å²) in [7, 11) is 2.06. The molecule has 17 heavy (non-hydrogen) atoms. The summed E-state index contributed by atoms with van der Waals surface area (Å²) in [5.74, 6) is 0.614. The van der Waals surface area contributed by atoms with Gasteiger partial charge in [-0.25, -0.2) is 0 Å². The zero-order valence-electron chi connectivity index (χ0n) is 10.5. The molecule has 0 aromatic carbocycles. The van der Waals surface area contributed by atoms with Crippen LogP contribution in [0.3, 0.4) is 0 Å². The SMILES string of the molecule is C[C@@H](N)c1ccc(N(C)CC2CC(O)C2)cn1. The van der Waals surface area contributed by atoms with Gasteiger partial charge in [0.1, 0.15) is 0 Å². The lowest BCUT2D eigenvalue weighted by molar-refractivity contribution is 0.0465. The number of nitrogens with zero attached hydrogens (tertiary/aromatic N) is 2. The molecule has 94 valence electrons. The largest absolute Gasteiger partial charge is 0.393 e. The van der Waals surface area contributed by atoms with Crippen molar-refractivity contribution in [3.8, 4) is 0 Å². The van der Waals surface area contributed by atoms with Crippen LogP contribution in [0.15, 0.2) is 18.3 Å². The average Bonchev–Trinajstić information content (AvgIpc) is 2.27. The molecule has 1 aromatic heterocycles. The molecule has 1 aliphatic rings. The molecule has 1 saturated carbocycles. The molecule has 4 nitrogen and oxygen atoms in total. The molecule has 1 atom stereocenters. The van der Waals surface area contributed by atoms with Crippen LogP contribution in [-0.2, 0) is 0 Å². The second-order valence-electron chi connectivity index (χ2n) is 5.10. The van der Waals surface area contributed by atoms with E-state index in [-0.39, 0.29) is 12.1 Å². The van der Waals surface area contributed by atoms with Crippen molar-refractivity contribution in [1.29, 1.82) is 0 Å². The Balaban J connectivity index is 1.92. The Bertz CT molecular complexity index is 357. The van der Waals surface area contributed by atoms with Gasteiger partial charge in [0.25, 0.3) is 0 Å². The summed E-state index contributed by atoms with van der Waals surface area (Å²) in [6.45, 7) is 2.91. The maximum Gasteiger partial charge on any atom is 0.0569 e. The van der Waals surface area contributed by atoms with Gasteiger partial charge in [0.2, 0.25) is 0 Å². The van der Waals surface area contributed by atoms with Crippen molar-refractivity contribution in [2.45, 2.75) is 31.9 Å². The van der Waals surface area contributed by atoms with Crippen LogP contribution >= 0.6 is 0 Å². The molecular formula is C13H21N3O. The molecule has 1 fully saturated rings. The minimum atomic E-state index is -0.0769. The van der Waals surface area contributed by atoms with E-state index in [0.29, 0.717) is 5.92 Å². The van der Waals surface area contributed by atoms with E-state index >= 15 is 0 Å². The van der Waals surface area contributed by atoms with Gasteiger partial charge in [-0.2, -0.15) is 0 Å². The van der Waals surface area contributed by atoms with Crippen molar-refractivity contribution in [2.75, 3.05) is 18.5 Å². The number of anilines is 1. The number of aliphatic hydroxyl groups excluding tert-OH is 1. The van der Waals surface area contributed by atoms with Crippen molar-refractivity contribution in [3.63, 3.8) is 0 Å². The fourth-order valence-corrected chi connectivity index (χ4v) is 2.23. The number of pyridine rings is 1. The molecule has 1 heterocycles. The van der Waals surface area contributed by atoms with Gasteiger partial charge in [-0.3, -0.25) is 4.98 Å². The standard InChI is InChI=1S/C13H21N3O/c1-9(14)13-4-3-11(7-15-13)16(2)8-10-5-12(17)6-10/h3-4,7,9-10,12,17H,5-6,8,14H2,1-2H3/t9-,10?,12?/m1/s1. The molecule has 0 aliphatic heterocycles. The summed E-state index contributed by atoms with van der Waals surface area (Å²) in [5.41, 5.74) is 7.79. The normalized spacial score (nSPS) is 25.2. The Labute approximate surface area is 102 Å². The van der Waals surface area contributed by atoms with Crippen LogP contribution in [0.25, 0.3) is 0 Å². The molecule has 0 bridgehead atoms. The average molecular weight is 235 g/mol. The summed E-state index contributed by atoms with van der Waals surface area (Å²) in [6, 6.07) is 4.02. The lowest BCUT2D eigenvalue weighted by Crippen LogP contribution is -2.37. The third kappa shape index (κ3) is 2.96. The lowest BCUT2D eigenvalue weighted by atomic mass is 9.82. The number of nitrogens with two attached hydrogens (primary N) is 1. The summed E-state index contributed by atoms with van der Waals surface area (Å²) in [4.78, 5) is 6.54. The van der Waals surface area contributed by atoms with E-state index in [1.807, 2.05) is 19.2 Å². The van der Waals surface area contributed by atoms with Gasteiger partial charge >= 0.3 is 0 Å². The highest BCUT2D eigenvalue weighted by Gasteiger charge is 2.28. The minimum Gasteiger partial charge on any atom is -0.393 e. The minimum absolute atomic E-state index is 0.0175. The lowest BCUT2D eigenvalue weighted by Gasteiger charge is -2.35. The molecule has 2 rings (SSSR count). The van der Waals surface area contributed by atoms with E-state index < -0.39 is 0 Å². The van der Waals surface area contributed by atoms with Crippen LogP contribution in [0.1, 0.15) is 31.5 Å². The summed E-state index contributed by atoms with van der Waals surface area (Å²) in [5, 5.41) is 9.25. The first kappa shape index (κ1) is 12.3. The Morgan fingerprint density at radius 1 is 1.53 bits per heavy atom. The predicted octanol–water partition coefficient (Wildman–Crippen LogP) is 1.31. The Hall–Kier alpha value is -1.13. The monoisotopic (exact) mass is 235 g/mol. The first-order chi connectivity index (χ1) is 8.06. The number of aromatic nitrogens is 1. The number of rotatable bonds is 4. The van der Waals surface area contributed by atoms with Gasteiger partial charge in [0.15, 0.2) is 0 Å². The number of hydrogen-bond donors (Lipinski definition) is 2. The molecular weight excluding hydrogens is 214 g/mol. The van der Waals surface area contributed by atoms with E-state index in [4.69, 9.17) is 5.73 Å². The predicted molar refractivity (Wildman–Crippen MR) is 68.8 cm³/mol. The fraction of sp³-hybridized carbons (Fsp3) is 0.615. The molecule has 0 saturated heterocycles. The van der Waals surface area contributed by atoms with Gasteiger partial charge in [0.05, 0.1) is 23.7 Å². The molecule has 1 aromatic rings. The van der Waals surface area contributed by atoms with Crippen molar-refractivity contribution in [1.82, 2.24) is 4.98 Å². The van der Waals surface area contributed by atoms with Crippen LogP contribution in [0.2, 0.25) is 0 Å². The van der Waals surface area contributed by atoms with E-state index in [9.17, 15) is 5.11 Å². The van der Waals surface area contributed by atoms with Crippen molar-refractivity contribution >= 4 is 5.69 Å². The van der Waals surface area contributed by atoms with Gasteiger partial charge in [-0.15, -0.1) is 0 Å². The smallest absolute Gasteiger partial charge is 0.0569 e. The van der Waals surface area contributed by atoms with Gasteiger partial charge < -0.3 is 15.7 Å². The van der Waals surface area contributed by atoms with Gasteiger partial charge in [0, 0.05) is 19.6 Å². The highest BCUT2D eigenvalue weighted by Crippen LogP contribution is 2.28. The summed E-state index contributed by atoms with van der Waals surface area (Å²) < 4.78 is 0. The van der Waals surface area contributed by atoms with Crippen LogP contribution in [0.4, 0.5) is 5.69 Å². The second kappa shape index (κ2) is 5.02.